The Morgan fingerprint density at radius 3 is 2.62 bits per heavy atom. The van der Waals surface area contributed by atoms with Crippen LogP contribution in [0, 0.1) is 5.92 Å². The second kappa shape index (κ2) is 8.03. The van der Waals surface area contributed by atoms with Crippen molar-refractivity contribution in [1.82, 2.24) is 20.0 Å². The molecule has 2 heterocycles. The first-order valence-corrected chi connectivity index (χ1v) is 9.63. The number of amides is 2. The molecule has 1 aromatic heterocycles. The van der Waals surface area contributed by atoms with Crippen molar-refractivity contribution < 1.29 is 9.59 Å². The fraction of sp³-hybridized carbons (Fsp3) is 0.421. The van der Waals surface area contributed by atoms with E-state index < -0.39 is 0 Å². The van der Waals surface area contributed by atoms with E-state index in [9.17, 15) is 9.59 Å². The van der Waals surface area contributed by atoms with Crippen LogP contribution in [-0.2, 0) is 4.79 Å². The molecule has 1 N–H and O–H groups in total. The van der Waals surface area contributed by atoms with Crippen LogP contribution in [0.15, 0.2) is 41.1 Å². The van der Waals surface area contributed by atoms with Gasteiger partial charge in [0.15, 0.2) is 0 Å². The van der Waals surface area contributed by atoms with Gasteiger partial charge in [-0.25, -0.2) is 4.68 Å². The van der Waals surface area contributed by atoms with Crippen molar-refractivity contribution in [3.8, 4) is 5.69 Å². The number of nitrogens with zero attached hydrogens (tertiary/aromatic N) is 3. The number of carbonyl (C=O) groups is 2. The van der Waals surface area contributed by atoms with E-state index in [2.05, 4.69) is 26.3 Å². The number of benzene rings is 1. The Bertz CT molecular complexity index is 785. The van der Waals surface area contributed by atoms with Gasteiger partial charge in [-0.1, -0.05) is 13.8 Å². The lowest BCUT2D eigenvalue weighted by Gasteiger charge is -2.33. The largest absolute Gasteiger partial charge is 0.351 e. The molecule has 0 aliphatic carbocycles. The van der Waals surface area contributed by atoms with Gasteiger partial charge in [-0.3, -0.25) is 9.59 Å². The van der Waals surface area contributed by atoms with Crippen LogP contribution in [0.1, 0.15) is 37.0 Å². The summed E-state index contributed by atoms with van der Waals surface area (Å²) in [6.07, 6.45) is 5.39. The minimum atomic E-state index is -0.0454. The van der Waals surface area contributed by atoms with Crippen molar-refractivity contribution in [2.24, 2.45) is 5.92 Å². The SMILES string of the molecule is CC(C)C(=O)NC1CCCN(C(=O)c2ccc(-n3cc(Br)cn3)cc2)C1. The van der Waals surface area contributed by atoms with E-state index in [-0.39, 0.29) is 23.8 Å². The maximum Gasteiger partial charge on any atom is 0.253 e. The van der Waals surface area contributed by atoms with E-state index in [1.807, 2.05) is 49.2 Å². The molecule has 3 rings (SSSR count). The third-order valence-corrected chi connectivity index (χ3v) is 4.92. The Labute approximate surface area is 161 Å². The maximum atomic E-state index is 12.8. The van der Waals surface area contributed by atoms with Crippen molar-refractivity contribution in [2.75, 3.05) is 13.1 Å². The number of likely N-dealkylation sites (tertiary alicyclic amines) is 1. The highest BCUT2D eigenvalue weighted by molar-refractivity contribution is 9.10. The Kier molecular flexibility index (Phi) is 5.76. The summed E-state index contributed by atoms with van der Waals surface area (Å²) in [6.45, 7) is 5.04. The molecule has 1 fully saturated rings. The molecule has 7 heteroatoms. The van der Waals surface area contributed by atoms with E-state index in [0.29, 0.717) is 12.1 Å². The highest BCUT2D eigenvalue weighted by Crippen LogP contribution is 2.17. The Morgan fingerprint density at radius 1 is 1.27 bits per heavy atom. The molecule has 26 heavy (non-hydrogen) atoms. The standard InChI is InChI=1S/C19H23BrN4O2/c1-13(2)18(25)22-16-4-3-9-23(12-16)19(26)14-5-7-17(8-6-14)24-11-15(20)10-21-24/h5-8,10-11,13,16H,3-4,9,12H2,1-2H3,(H,22,25). The predicted molar refractivity (Wildman–Crippen MR) is 103 cm³/mol. The van der Waals surface area contributed by atoms with Crippen LogP contribution in [0.25, 0.3) is 5.69 Å². The molecule has 1 aromatic carbocycles. The summed E-state index contributed by atoms with van der Waals surface area (Å²) in [5.41, 5.74) is 1.55. The second-order valence-corrected chi connectivity index (χ2v) is 7.82. The van der Waals surface area contributed by atoms with Crippen molar-refractivity contribution in [3.63, 3.8) is 0 Å². The van der Waals surface area contributed by atoms with E-state index >= 15 is 0 Å². The topological polar surface area (TPSA) is 67.2 Å². The number of aromatic nitrogens is 2. The van der Waals surface area contributed by atoms with Crippen molar-refractivity contribution in [1.29, 1.82) is 0 Å². The first kappa shape index (κ1) is 18.6. The van der Waals surface area contributed by atoms with Gasteiger partial charge in [0.25, 0.3) is 5.91 Å². The van der Waals surface area contributed by atoms with Crippen LogP contribution < -0.4 is 5.32 Å². The number of halogens is 1. The fourth-order valence-electron chi connectivity index (χ4n) is 3.03. The Morgan fingerprint density at radius 2 is 2.00 bits per heavy atom. The lowest BCUT2D eigenvalue weighted by atomic mass is 10.0. The lowest BCUT2D eigenvalue weighted by Crippen LogP contribution is -2.50. The van der Waals surface area contributed by atoms with Crippen LogP contribution in [-0.4, -0.2) is 45.6 Å². The van der Waals surface area contributed by atoms with Crippen molar-refractivity contribution >= 4 is 27.7 Å². The minimum Gasteiger partial charge on any atom is -0.351 e. The van der Waals surface area contributed by atoms with Crippen molar-refractivity contribution in [3.05, 3.63) is 46.7 Å². The van der Waals surface area contributed by atoms with Crippen LogP contribution >= 0.6 is 15.9 Å². The molecule has 0 radical (unpaired) electrons. The van der Waals surface area contributed by atoms with E-state index in [1.54, 1.807) is 10.9 Å². The number of rotatable bonds is 4. The molecule has 2 amide bonds. The number of carbonyl (C=O) groups excluding carboxylic acids is 2. The smallest absolute Gasteiger partial charge is 0.253 e. The van der Waals surface area contributed by atoms with Crippen LogP contribution in [0.3, 0.4) is 0 Å². The normalized spacial score (nSPS) is 17.4. The maximum absolute atomic E-state index is 12.8. The van der Waals surface area contributed by atoms with E-state index in [4.69, 9.17) is 0 Å². The third-order valence-electron chi connectivity index (χ3n) is 4.51. The highest BCUT2D eigenvalue weighted by atomic mass is 79.9. The number of hydrogen-bond acceptors (Lipinski definition) is 3. The van der Waals surface area contributed by atoms with Crippen LogP contribution in [0.5, 0.6) is 0 Å². The van der Waals surface area contributed by atoms with E-state index in [1.165, 1.54) is 0 Å². The molecule has 1 atom stereocenters. The first-order chi connectivity index (χ1) is 12.4. The molecule has 6 nitrogen and oxygen atoms in total. The van der Waals surface area contributed by atoms with Gasteiger partial charge in [-0.2, -0.15) is 5.10 Å². The second-order valence-electron chi connectivity index (χ2n) is 6.90. The molecule has 1 aliphatic heterocycles. The summed E-state index contributed by atoms with van der Waals surface area (Å²) in [6, 6.07) is 7.44. The molecule has 1 aliphatic rings. The zero-order valence-electron chi connectivity index (χ0n) is 15.0. The van der Waals surface area contributed by atoms with Gasteiger partial charge in [-0.05, 0) is 53.0 Å². The molecule has 1 saturated heterocycles. The Balaban J connectivity index is 1.65. The van der Waals surface area contributed by atoms with Crippen LogP contribution in [0.4, 0.5) is 0 Å². The van der Waals surface area contributed by atoms with Gasteiger partial charge in [0, 0.05) is 36.8 Å². The summed E-state index contributed by atoms with van der Waals surface area (Å²) in [4.78, 5) is 26.5. The summed E-state index contributed by atoms with van der Waals surface area (Å²) < 4.78 is 2.65. The average molecular weight is 419 g/mol. The van der Waals surface area contributed by atoms with Gasteiger partial charge in [-0.15, -0.1) is 0 Å². The number of hydrogen-bond donors (Lipinski definition) is 1. The average Bonchev–Trinajstić information content (AvgIpc) is 3.08. The summed E-state index contributed by atoms with van der Waals surface area (Å²) in [5.74, 6) is -0.00307. The first-order valence-electron chi connectivity index (χ1n) is 8.84. The third kappa shape index (κ3) is 4.33. The molecule has 1 unspecified atom stereocenters. The van der Waals surface area contributed by atoms with Gasteiger partial charge < -0.3 is 10.2 Å². The summed E-state index contributed by atoms with van der Waals surface area (Å²) >= 11 is 3.38. The fourth-order valence-corrected chi connectivity index (χ4v) is 3.31. The van der Waals surface area contributed by atoms with E-state index in [0.717, 1.165) is 29.5 Å². The quantitative estimate of drug-likeness (QED) is 0.829. The number of nitrogens with one attached hydrogen (secondary N) is 1. The van der Waals surface area contributed by atoms with Gasteiger partial charge in [0.05, 0.1) is 16.4 Å². The molecule has 0 bridgehead atoms. The molecule has 2 aromatic rings. The molecular weight excluding hydrogens is 396 g/mol. The lowest BCUT2D eigenvalue weighted by molar-refractivity contribution is -0.125. The van der Waals surface area contributed by atoms with Crippen LogP contribution in [0.2, 0.25) is 0 Å². The minimum absolute atomic E-state index is 0.00157. The highest BCUT2D eigenvalue weighted by Gasteiger charge is 2.26. The molecule has 0 saturated carbocycles. The van der Waals surface area contributed by atoms with Crippen molar-refractivity contribution in [2.45, 2.75) is 32.7 Å². The predicted octanol–water partition coefficient (Wildman–Crippen LogP) is 3.01. The molecule has 0 spiro atoms. The van der Waals surface area contributed by atoms with Gasteiger partial charge >= 0.3 is 0 Å². The zero-order valence-corrected chi connectivity index (χ0v) is 16.6. The zero-order chi connectivity index (χ0) is 18.7. The number of piperidine rings is 1. The Hall–Kier alpha value is -2.15. The monoisotopic (exact) mass is 418 g/mol. The molecular formula is C19H23BrN4O2. The molecule has 138 valence electrons. The van der Waals surface area contributed by atoms with Gasteiger partial charge in [0.1, 0.15) is 0 Å². The van der Waals surface area contributed by atoms with Gasteiger partial charge in [0.2, 0.25) is 5.91 Å². The summed E-state index contributed by atoms with van der Waals surface area (Å²) in [5, 5.41) is 7.27. The summed E-state index contributed by atoms with van der Waals surface area (Å²) in [7, 11) is 0.